The van der Waals surface area contributed by atoms with Crippen LogP contribution in [0.15, 0.2) is 72.0 Å². The van der Waals surface area contributed by atoms with E-state index in [9.17, 15) is 32.4 Å². The molecule has 64 heavy (non-hydrogen) atoms. The van der Waals surface area contributed by atoms with Gasteiger partial charge in [0, 0.05) is 18.2 Å². The Morgan fingerprint density at radius 1 is 0.969 bits per heavy atom. The molecule has 3 aliphatic carbocycles. The topological polar surface area (TPSA) is 178 Å². The minimum Gasteiger partial charge on any atom is -0.473 e. The van der Waals surface area contributed by atoms with Crippen molar-refractivity contribution in [3.8, 4) is 5.88 Å². The van der Waals surface area contributed by atoms with Crippen molar-refractivity contribution in [2.75, 3.05) is 13.2 Å². The minimum absolute atomic E-state index is 0.0141. The van der Waals surface area contributed by atoms with Gasteiger partial charge in [0.15, 0.2) is 17.1 Å². The van der Waals surface area contributed by atoms with Gasteiger partial charge < -0.3 is 24.1 Å². The van der Waals surface area contributed by atoms with E-state index >= 15 is 0 Å². The number of allylic oxidation sites excluding steroid dienone is 1. The Hall–Kier alpha value is -4.82. The fourth-order valence-corrected chi connectivity index (χ4v) is 11.9. The summed E-state index contributed by atoms with van der Waals surface area (Å²) >= 11 is 0. The summed E-state index contributed by atoms with van der Waals surface area (Å²) in [7, 11) is -4.20. The number of pyridine rings is 1. The molecule has 0 unspecified atom stereocenters. The maximum Gasteiger partial charge on any atom is 0.306 e. The number of hydrogen-bond acceptors (Lipinski definition) is 10. The van der Waals surface area contributed by atoms with Crippen LogP contribution in [0.3, 0.4) is 0 Å². The summed E-state index contributed by atoms with van der Waals surface area (Å²) in [5.41, 5.74) is -0.222. The van der Waals surface area contributed by atoms with Crippen LogP contribution in [-0.4, -0.2) is 78.0 Å². The molecule has 14 heteroatoms. The number of Topliss-reactive ketones (excluding diaryl/α,β-unsaturated/α-hetero) is 1. The number of ketones is 1. The lowest BCUT2D eigenvalue weighted by molar-refractivity contribution is -0.158. The summed E-state index contributed by atoms with van der Waals surface area (Å²) in [6.45, 7) is 9.68. The molecular formula is C50H63N3O10S. The Morgan fingerprint density at radius 2 is 1.70 bits per heavy atom. The Kier molecular flexibility index (Phi) is 13.0. The highest BCUT2D eigenvalue weighted by molar-refractivity contribution is 7.91. The maximum atomic E-state index is 15.0. The lowest BCUT2D eigenvalue weighted by Gasteiger charge is -2.35. The third-order valence-electron chi connectivity index (χ3n) is 14.7. The number of esters is 1. The molecule has 1 saturated heterocycles. The van der Waals surface area contributed by atoms with Gasteiger partial charge in [0.1, 0.15) is 17.0 Å². The van der Waals surface area contributed by atoms with Crippen LogP contribution in [-0.2, 0) is 51.7 Å². The lowest BCUT2D eigenvalue weighted by atomic mass is 9.77. The van der Waals surface area contributed by atoms with E-state index in [-0.39, 0.29) is 62.9 Å². The zero-order valence-electron chi connectivity index (χ0n) is 37.4. The van der Waals surface area contributed by atoms with E-state index in [0.717, 1.165) is 50.5 Å². The van der Waals surface area contributed by atoms with E-state index < -0.39 is 73.1 Å². The van der Waals surface area contributed by atoms with Gasteiger partial charge in [-0.05, 0) is 92.7 Å². The average molecular weight is 898 g/mol. The van der Waals surface area contributed by atoms with Crippen LogP contribution in [0.1, 0.15) is 115 Å². The molecule has 0 spiro atoms. The normalized spacial score (nSPS) is 28.5. The predicted octanol–water partition coefficient (Wildman–Crippen LogP) is 7.10. The minimum atomic E-state index is -4.20. The number of rotatable bonds is 11. The summed E-state index contributed by atoms with van der Waals surface area (Å²) in [6, 6.07) is 15.6. The number of H-pyrrole nitrogens is 1. The van der Waals surface area contributed by atoms with Crippen molar-refractivity contribution in [3.05, 3.63) is 88.6 Å². The molecule has 2 aromatic carbocycles. The Labute approximate surface area is 376 Å². The van der Waals surface area contributed by atoms with Gasteiger partial charge in [0.2, 0.25) is 21.8 Å². The van der Waals surface area contributed by atoms with Crippen molar-refractivity contribution in [1.82, 2.24) is 14.6 Å². The number of benzene rings is 2. The Bertz CT molecular complexity index is 2440. The molecule has 344 valence electrons. The number of amides is 2. The second-order valence-electron chi connectivity index (χ2n) is 20.2. The zero-order valence-corrected chi connectivity index (χ0v) is 38.2. The van der Waals surface area contributed by atoms with Gasteiger partial charge in [-0.15, -0.1) is 6.58 Å². The number of ether oxygens (including phenoxy) is 3. The van der Waals surface area contributed by atoms with Gasteiger partial charge in [0.05, 0.1) is 54.6 Å². The number of nitrogens with zero attached hydrogens (tertiary/aromatic N) is 1. The molecule has 0 radical (unpaired) electrons. The van der Waals surface area contributed by atoms with Gasteiger partial charge in [-0.25, -0.2) is 8.42 Å². The molecule has 7 atom stereocenters. The highest BCUT2D eigenvalue weighted by atomic mass is 32.2. The molecule has 3 saturated carbocycles. The number of carbonyl (C=O) groups is 4. The van der Waals surface area contributed by atoms with E-state index in [1.165, 1.54) is 4.90 Å². The molecule has 8 rings (SSSR count). The van der Waals surface area contributed by atoms with Gasteiger partial charge in [-0.2, -0.15) is 0 Å². The van der Waals surface area contributed by atoms with Gasteiger partial charge in [-0.3, -0.25) is 28.7 Å². The molecule has 2 bridgehead atoms. The quantitative estimate of drug-likeness (QED) is 0.149. The SMILES string of the molecule is C=C[C@@H]1C[C@]1(CC(=O)[C@@H]1C[C@@H]2CN1C(=O)[C@H](C(C)(C)C)CC(=O)O[C@@H]1CCC[C@H]1CCCCCc1c([nH]c3ccccc3c1=O)O2)C(=O)NS(=O)(=O)C1(COCc2ccccc2)CC1. The van der Waals surface area contributed by atoms with Crippen molar-refractivity contribution < 1.29 is 41.8 Å². The predicted molar refractivity (Wildman–Crippen MR) is 242 cm³/mol. The van der Waals surface area contributed by atoms with Crippen LogP contribution in [0.25, 0.3) is 10.9 Å². The van der Waals surface area contributed by atoms with E-state index in [2.05, 4.69) is 16.3 Å². The number of nitrogens with one attached hydrogen (secondary N) is 2. The number of aromatic amines is 1. The monoisotopic (exact) mass is 897 g/mol. The number of para-hydroxylation sites is 1. The first kappa shape index (κ1) is 45.7. The van der Waals surface area contributed by atoms with Crippen LogP contribution in [0, 0.1) is 28.6 Å². The summed E-state index contributed by atoms with van der Waals surface area (Å²) < 4.78 is 47.5. The second-order valence-corrected chi connectivity index (χ2v) is 22.2. The van der Waals surface area contributed by atoms with Gasteiger partial charge in [-0.1, -0.05) is 82.2 Å². The summed E-state index contributed by atoms with van der Waals surface area (Å²) in [5, 5.41) is 0.547. The lowest BCUT2D eigenvalue weighted by Crippen LogP contribution is -2.49. The molecule has 2 N–H and O–H groups in total. The van der Waals surface area contributed by atoms with Crippen molar-refractivity contribution in [2.24, 2.45) is 28.6 Å². The van der Waals surface area contributed by atoms with Crippen LogP contribution in [0.2, 0.25) is 0 Å². The first-order valence-electron chi connectivity index (χ1n) is 23.2. The molecule has 1 aromatic heterocycles. The summed E-state index contributed by atoms with van der Waals surface area (Å²) in [6.07, 6.45) is 7.63. The highest BCUT2D eigenvalue weighted by Crippen LogP contribution is 2.57. The fraction of sp³-hybridized carbons (Fsp3) is 0.580. The van der Waals surface area contributed by atoms with Crippen molar-refractivity contribution in [3.63, 3.8) is 0 Å². The van der Waals surface area contributed by atoms with Crippen LogP contribution < -0.4 is 14.9 Å². The van der Waals surface area contributed by atoms with Crippen molar-refractivity contribution >= 4 is 44.5 Å². The maximum absolute atomic E-state index is 15.0. The van der Waals surface area contributed by atoms with E-state index in [1.807, 2.05) is 69.3 Å². The highest BCUT2D eigenvalue weighted by Gasteiger charge is 2.63. The summed E-state index contributed by atoms with van der Waals surface area (Å²) in [4.78, 5) is 76.7. The second kappa shape index (κ2) is 18.2. The molecule has 3 aromatic rings. The number of hydrogen-bond donors (Lipinski definition) is 2. The molecule has 4 fully saturated rings. The third kappa shape index (κ3) is 9.45. The Morgan fingerprint density at radius 3 is 2.42 bits per heavy atom. The largest absolute Gasteiger partial charge is 0.473 e. The van der Waals surface area contributed by atoms with Crippen molar-refractivity contribution in [1.29, 1.82) is 0 Å². The summed E-state index contributed by atoms with van der Waals surface area (Å²) in [5.74, 6) is -2.86. The first-order valence-corrected chi connectivity index (χ1v) is 24.7. The van der Waals surface area contributed by atoms with Crippen LogP contribution in [0.4, 0.5) is 0 Å². The number of carbonyl (C=O) groups excluding carboxylic acids is 4. The first-order chi connectivity index (χ1) is 30.5. The van der Waals surface area contributed by atoms with Gasteiger partial charge >= 0.3 is 5.97 Å². The van der Waals surface area contributed by atoms with Gasteiger partial charge in [0.25, 0.3) is 0 Å². The Balaban J connectivity index is 1.07. The standard InChI is InChI=1S/C50H63N3O10S/c1-5-34-27-50(34,47(58)52-64(59,60)49(23-24-49)31-61-30-32-15-8-6-9-16-32)28-41(54)40-25-35-29-53(40)46(57)38(48(2,3)4)26-43(55)63-42-22-14-18-33(42)17-10-7-11-20-37-44(56)36-19-12-13-21-39(36)51-45(37)62-35/h5-6,8-9,12-13,15-16,19,21,33-35,38,40,42H,1,7,10-11,14,17-18,20,22-31H2,2-4H3,(H,51,56)(H,52,58)/t33-,34-,35-,38-,40+,42-,50-/m1/s1. The molecule has 3 heterocycles. The molecule has 2 aliphatic heterocycles. The van der Waals surface area contributed by atoms with E-state index in [4.69, 9.17) is 14.2 Å². The van der Waals surface area contributed by atoms with E-state index in [0.29, 0.717) is 41.6 Å². The fourth-order valence-electron chi connectivity index (χ4n) is 10.4. The van der Waals surface area contributed by atoms with Crippen LogP contribution >= 0.6 is 0 Å². The third-order valence-corrected chi connectivity index (χ3v) is 16.8. The average Bonchev–Trinajstić information content (AvgIpc) is 4.10. The number of sulfonamides is 1. The number of fused-ring (bicyclic) bond motifs is 5. The smallest absolute Gasteiger partial charge is 0.306 e. The molecule has 13 nitrogen and oxygen atoms in total. The zero-order chi connectivity index (χ0) is 45.4. The van der Waals surface area contributed by atoms with Crippen LogP contribution in [0.5, 0.6) is 5.88 Å². The van der Waals surface area contributed by atoms with Crippen molar-refractivity contribution in [2.45, 2.75) is 140 Å². The van der Waals surface area contributed by atoms with E-state index in [1.54, 1.807) is 12.1 Å². The molecular weight excluding hydrogens is 835 g/mol. The molecule has 5 aliphatic rings. The molecule has 2 amide bonds. The number of aromatic nitrogens is 1.